The van der Waals surface area contributed by atoms with Gasteiger partial charge in [0.1, 0.15) is 0 Å². The van der Waals surface area contributed by atoms with Crippen molar-refractivity contribution in [3.63, 3.8) is 0 Å². The highest BCUT2D eigenvalue weighted by molar-refractivity contribution is 6.28. The lowest BCUT2D eigenvalue weighted by Crippen LogP contribution is -1.88. The minimum absolute atomic E-state index is 0.294. The van der Waals surface area contributed by atoms with E-state index in [-0.39, 0.29) is 0 Å². The SMILES string of the molecule is [2H]Cc1ccc2c(c1)c1cccnc1c1cnccc21.[2H]Cc1ccc2c(c1)c1cccnc1c1ncccc21.[2H]Cc1ccc2c3ccccc3c3cccnc3c2c1.[2H]Cc1ccc2c3ccccc3c3ccncc3c2c1.[2H]Cc1ccc2c3ccncc3c3cnccc3c2c1. The van der Waals surface area contributed by atoms with E-state index in [4.69, 9.17) is 6.85 Å². The van der Waals surface area contributed by atoms with E-state index >= 15 is 0 Å². The van der Waals surface area contributed by atoms with Gasteiger partial charge < -0.3 is 0 Å². The third kappa shape index (κ3) is 10.5. The average Bonchev–Trinajstić information content (AvgIpc) is 0.782. The number of hydrogen-bond donors (Lipinski definition) is 0. The molecular formula is C87H62N8. The molecule has 95 heavy (non-hydrogen) atoms. The molecule has 450 valence electrons. The fourth-order valence-corrected chi connectivity index (χ4v) is 13.8. The summed E-state index contributed by atoms with van der Waals surface area (Å²) in [6.45, 7) is 1.51. The largest absolute Gasteiger partial charge is 0.264 e. The summed E-state index contributed by atoms with van der Waals surface area (Å²) in [6.07, 6.45) is 22.2. The van der Waals surface area contributed by atoms with E-state index in [9.17, 15) is 0 Å². The number of fused-ring (bicyclic) bond motifs is 30. The smallest absolute Gasteiger partial charge is 0.0970 e. The highest BCUT2D eigenvalue weighted by atomic mass is 14.7. The van der Waals surface area contributed by atoms with Crippen LogP contribution in [0.15, 0.2) is 287 Å². The fraction of sp³-hybridized carbons (Fsp3) is 0.0575. The quantitative estimate of drug-likeness (QED) is 0.138. The maximum absolute atomic E-state index is 7.57. The standard InChI is InChI=1S/2C18H13N.3C17H12N2/c1-12-8-9-15-13-5-2-3-6-14(13)16-7-4-10-19-18(16)17(15)11-12;1-12-6-7-15-13-4-2-3-5-14(13)16-8-9-19-11-18(16)17(15)10-12;1-11-6-7-12-13-4-2-8-18-16(13)17-14(15(12)10-11)5-3-9-19-17;1-11-2-3-12-13-4-6-18-9-16(13)17-10-19-7-5-14(17)15(12)8-11;1-11-4-5-12-13-6-8-18-10-16(13)17-14(15(12)9-11)3-2-7-19-17/h2*2-11H,1H3;3*2-10H,1H3/i5*1D. The van der Waals surface area contributed by atoms with E-state index in [2.05, 4.69) is 179 Å². The lowest BCUT2D eigenvalue weighted by molar-refractivity contribution is 1.35. The minimum atomic E-state index is 0.294. The Labute approximate surface area is 555 Å². The van der Waals surface area contributed by atoms with Gasteiger partial charge in [0, 0.05) is 130 Å². The van der Waals surface area contributed by atoms with Crippen LogP contribution in [0.1, 0.15) is 34.7 Å². The highest BCUT2D eigenvalue weighted by Gasteiger charge is 2.14. The molecule has 8 nitrogen and oxygen atoms in total. The maximum atomic E-state index is 7.57. The zero-order chi connectivity index (χ0) is 67.6. The summed E-state index contributed by atoms with van der Waals surface area (Å²) in [5.74, 6) is 0. The maximum Gasteiger partial charge on any atom is 0.0970 e. The normalized spacial score (nSPS) is 12.1. The van der Waals surface area contributed by atoms with Gasteiger partial charge in [-0.2, -0.15) is 0 Å². The molecule has 0 amide bonds. The molecule has 8 aromatic heterocycles. The van der Waals surface area contributed by atoms with Gasteiger partial charge in [-0.3, -0.25) is 39.9 Å². The van der Waals surface area contributed by atoms with E-state index < -0.39 is 0 Å². The van der Waals surface area contributed by atoms with Crippen LogP contribution in [0.3, 0.4) is 0 Å². The molecule has 0 aliphatic rings. The van der Waals surface area contributed by atoms with Crippen molar-refractivity contribution in [3.05, 3.63) is 315 Å². The topological polar surface area (TPSA) is 103 Å². The molecule has 0 saturated carbocycles. The second kappa shape index (κ2) is 24.4. The van der Waals surface area contributed by atoms with E-state index in [1.54, 1.807) is 12.4 Å². The lowest BCUT2D eigenvalue weighted by atomic mass is 9.94. The molecule has 0 spiro atoms. The van der Waals surface area contributed by atoms with Crippen LogP contribution < -0.4 is 0 Å². The molecule has 0 atom stereocenters. The summed E-state index contributed by atoms with van der Waals surface area (Å²) in [5.41, 5.74) is 9.01. The second-order valence-electron chi connectivity index (χ2n) is 23.8. The molecule has 20 rings (SSSR count). The van der Waals surface area contributed by atoms with E-state index in [0.29, 0.717) is 34.5 Å². The number of nitrogens with zero attached hydrogens (tertiary/aromatic N) is 8. The van der Waals surface area contributed by atoms with Crippen LogP contribution in [0, 0.1) is 34.5 Å². The number of hydrogen-bond acceptors (Lipinski definition) is 8. The first-order chi connectivity index (χ1) is 49.4. The van der Waals surface area contributed by atoms with Gasteiger partial charge in [-0.05, 0) is 181 Å². The summed E-state index contributed by atoms with van der Waals surface area (Å²) in [4.78, 5) is 35.1. The average molecular weight is 1220 g/mol. The van der Waals surface area contributed by atoms with Crippen LogP contribution in [-0.4, -0.2) is 39.9 Å². The fourth-order valence-electron chi connectivity index (χ4n) is 13.8. The van der Waals surface area contributed by atoms with Crippen molar-refractivity contribution in [2.24, 2.45) is 0 Å². The second-order valence-corrected chi connectivity index (χ2v) is 23.8. The summed E-state index contributed by atoms with van der Waals surface area (Å²) in [5, 5.41) is 30.6. The molecule has 0 radical (unpaired) electrons. The predicted molar refractivity (Wildman–Crippen MR) is 401 cm³/mol. The van der Waals surface area contributed by atoms with Gasteiger partial charge in [0.25, 0.3) is 0 Å². The van der Waals surface area contributed by atoms with Crippen molar-refractivity contribution >= 4 is 162 Å². The summed E-state index contributed by atoms with van der Waals surface area (Å²) >= 11 is 0. The van der Waals surface area contributed by atoms with Crippen molar-refractivity contribution in [3.8, 4) is 0 Å². The molecule has 0 saturated heterocycles. The van der Waals surface area contributed by atoms with Gasteiger partial charge in [-0.15, -0.1) is 0 Å². The van der Waals surface area contributed by atoms with E-state index in [0.717, 1.165) is 109 Å². The molecule has 0 unspecified atom stereocenters. The Bertz CT molecular complexity index is 5470. The molecule has 0 N–H and O–H groups in total. The van der Waals surface area contributed by atoms with E-state index in [1.807, 2.05) is 135 Å². The first-order valence-electron chi connectivity index (χ1n) is 34.9. The van der Waals surface area contributed by atoms with Gasteiger partial charge in [-0.1, -0.05) is 186 Å². The molecule has 0 bridgehead atoms. The number of aromatic nitrogens is 8. The summed E-state index contributed by atoms with van der Waals surface area (Å²) < 4.78 is 37.8. The predicted octanol–water partition coefficient (Wildman–Crippen LogP) is 22.4. The summed E-state index contributed by atoms with van der Waals surface area (Å²) in [6, 6.07) is 72.6. The Hall–Kier alpha value is -12.3. The van der Waals surface area contributed by atoms with Crippen LogP contribution >= 0.6 is 0 Å². The lowest BCUT2D eigenvalue weighted by Gasteiger charge is -2.10. The molecule has 8 heteroatoms. The molecular weight excluding hydrogens is 1160 g/mol. The van der Waals surface area contributed by atoms with Gasteiger partial charge in [0.2, 0.25) is 0 Å². The molecule has 8 heterocycles. The number of pyridine rings is 8. The van der Waals surface area contributed by atoms with Crippen LogP contribution in [-0.2, 0) is 0 Å². The van der Waals surface area contributed by atoms with Crippen molar-refractivity contribution in [1.29, 1.82) is 0 Å². The Kier molecular flexibility index (Phi) is 13.5. The third-order valence-electron chi connectivity index (χ3n) is 18.0. The van der Waals surface area contributed by atoms with Gasteiger partial charge in [0.05, 0.1) is 22.1 Å². The Morgan fingerprint density at radius 3 is 0.821 bits per heavy atom. The van der Waals surface area contributed by atoms with Crippen molar-refractivity contribution in [1.82, 2.24) is 39.9 Å². The zero-order valence-corrected chi connectivity index (χ0v) is 51.7. The van der Waals surface area contributed by atoms with Gasteiger partial charge in [-0.25, -0.2) is 0 Å². The Morgan fingerprint density at radius 1 is 0.179 bits per heavy atom. The van der Waals surface area contributed by atoms with Crippen molar-refractivity contribution in [2.75, 3.05) is 0 Å². The van der Waals surface area contributed by atoms with E-state index in [1.165, 1.54) is 80.8 Å². The Balaban J connectivity index is 0.0000000972. The van der Waals surface area contributed by atoms with Crippen LogP contribution in [0.25, 0.3) is 162 Å². The zero-order valence-electron chi connectivity index (χ0n) is 56.7. The van der Waals surface area contributed by atoms with Gasteiger partial charge in [0.15, 0.2) is 0 Å². The minimum Gasteiger partial charge on any atom is -0.264 e. The van der Waals surface area contributed by atoms with Gasteiger partial charge >= 0.3 is 0 Å². The first-order valence-corrected chi connectivity index (χ1v) is 31.3. The molecule has 12 aromatic carbocycles. The van der Waals surface area contributed by atoms with Crippen molar-refractivity contribution < 1.29 is 6.85 Å². The number of aryl methyl sites for hydroxylation is 5. The Morgan fingerprint density at radius 2 is 0.411 bits per heavy atom. The van der Waals surface area contributed by atoms with Crippen LogP contribution in [0.4, 0.5) is 0 Å². The molecule has 0 fully saturated rings. The highest BCUT2D eigenvalue weighted by Crippen LogP contribution is 2.39. The number of rotatable bonds is 0. The van der Waals surface area contributed by atoms with Crippen LogP contribution in [0.5, 0.6) is 0 Å². The number of benzene rings is 12. The van der Waals surface area contributed by atoms with Crippen molar-refractivity contribution in [2.45, 2.75) is 34.5 Å². The third-order valence-corrected chi connectivity index (χ3v) is 18.0. The van der Waals surface area contributed by atoms with Crippen LogP contribution in [0.2, 0.25) is 0 Å². The monoisotopic (exact) mass is 1220 g/mol. The molecule has 20 aromatic rings. The molecule has 0 aliphatic heterocycles. The summed E-state index contributed by atoms with van der Waals surface area (Å²) in [7, 11) is 0. The molecule has 0 aliphatic carbocycles. The first kappa shape index (κ1) is 52.4.